The second-order valence-corrected chi connectivity index (χ2v) is 11.7. The Labute approximate surface area is 178 Å². The predicted molar refractivity (Wildman–Crippen MR) is 120 cm³/mol. The van der Waals surface area contributed by atoms with Crippen LogP contribution in [0.15, 0.2) is 53.4 Å². The van der Waals surface area contributed by atoms with Gasteiger partial charge in [0.05, 0.1) is 23.1 Å². The van der Waals surface area contributed by atoms with Crippen LogP contribution in [0.25, 0.3) is 0 Å². The van der Waals surface area contributed by atoms with Crippen LogP contribution in [0, 0.1) is 5.92 Å². The van der Waals surface area contributed by atoms with Crippen LogP contribution in [0.1, 0.15) is 54.7 Å². The van der Waals surface area contributed by atoms with Crippen LogP contribution in [0.3, 0.4) is 0 Å². The number of rotatable bonds is 7. The fourth-order valence-electron chi connectivity index (χ4n) is 3.56. The van der Waals surface area contributed by atoms with Gasteiger partial charge in [0, 0.05) is 10.1 Å². The van der Waals surface area contributed by atoms with Gasteiger partial charge < -0.3 is 5.32 Å². The van der Waals surface area contributed by atoms with Crippen LogP contribution in [0.5, 0.6) is 0 Å². The van der Waals surface area contributed by atoms with Crippen LogP contribution in [-0.2, 0) is 16.3 Å². The van der Waals surface area contributed by atoms with E-state index in [1.165, 1.54) is 17.3 Å². The van der Waals surface area contributed by atoms with E-state index >= 15 is 0 Å². The minimum atomic E-state index is -2.94. The van der Waals surface area contributed by atoms with Gasteiger partial charge in [0.2, 0.25) is 0 Å². The van der Waals surface area contributed by atoms with Crippen molar-refractivity contribution in [1.82, 2.24) is 5.32 Å². The summed E-state index contributed by atoms with van der Waals surface area (Å²) >= 11 is 1.50. The third-order valence-electron chi connectivity index (χ3n) is 5.09. The van der Waals surface area contributed by atoms with Crippen molar-refractivity contribution in [3.05, 3.63) is 65.2 Å². The second kappa shape index (κ2) is 9.35. The van der Waals surface area contributed by atoms with E-state index in [4.69, 9.17) is 0 Å². The lowest BCUT2D eigenvalue weighted by Crippen LogP contribution is -2.27. The molecule has 1 heterocycles. The van der Waals surface area contributed by atoms with Crippen molar-refractivity contribution >= 4 is 27.5 Å². The lowest BCUT2D eigenvalue weighted by Gasteiger charge is -2.17. The maximum atomic E-state index is 12.9. The molecule has 1 fully saturated rings. The summed E-state index contributed by atoms with van der Waals surface area (Å²) in [6, 6.07) is 15.7. The first-order valence-electron chi connectivity index (χ1n) is 10.1. The van der Waals surface area contributed by atoms with Gasteiger partial charge >= 0.3 is 0 Å². The topological polar surface area (TPSA) is 63.2 Å². The molecule has 1 aliphatic heterocycles. The number of hydrogen-bond donors (Lipinski definition) is 1. The smallest absolute Gasteiger partial charge is 0.252 e. The molecule has 2 atom stereocenters. The molecular formula is C23H29NO3S2. The molecule has 0 aromatic heterocycles. The summed E-state index contributed by atoms with van der Waals surface area (Å²) in [6.45, 7) is 6.38. The third kappa shape index (κ3) is 6.09. The van der Waals surface area contributed by atoms with Gasteiger partial charge in [-0.1, -0.05) is 50.2 Å². The number of nitrogens with one attached hydrogen (secondary N) is 1. The summed E-state index contributed by atoms with van der Waals surface area (Å²) in [6.07, 6.45) is 1.69. The van der Waals surface area contributed by atoms with Crippen molar-refractivity contribution in [2.24, 2.45) is 5.92 Å². The molecule has 0 spiro atoms. The highest BCUT2D eigenvalue weighted by Gasteiger charge is 2.29. The van der Waals surface area contributed by atoms with Crippen LogP contribution < -0.4 is 5.32 Å². The van der Waals surface area contributed by atoms with Gasteiger partial charge in [0.15, 0.2) is 9.84 Å². The van der Waals surface area contributed by atoms with E-state index in [-0.39, 0.29) is 28.7 Å². The number of amides is 1. The minimum absolute atomic E-state index is 0.0138. The lowest BCUT2D eigenvalue weighted by molar-refractivity contribution is 0.0937. The molecule has 1 saturated heterocycles. The van der Waals surface area contributed by atoms with Crippen molar-refractivity contribution in [3.8, 4) is 0 Å². The normalized spacial score (nSPS) is 19.2. The Morgan fingerprint density at radius 3 is 2.41 bits per heavy atom. The SMILES string of the molecule is CC(C)Cc1ccc(C(C)NC(=O)c2ccccc2SC2CCS(=O)(=O)C2)cc1. The number of thioether (sulfide) groups is 1. The number of carbonyl (C=O) groups is 1. The average molecular weight is 432 g/mol. The molecule has 0 radical (unpaired) electrons. The quantitative estimate of drug-likeness (QED) is 0.693. The van der Waals surface area contributed by atoms with Gasteiger partial charge in [0.25, 0.3) is 5.91 Å². The summed E-state index contributed by atoms with van der Waals surface area (Å²) < 4.78 is 23.5. The molecule has 1 aliphatic rings. The van der Waals surface area contributed by atoms with Crippen molar-refractivity contribution in [1.29, 1.82) is 0 Å². The highest BCUT2D eigenvalue weighted by atomic mass is 32.2. The van der Waals surface area contributed by atoms with Crippen molar-refractivity contribution < 1.29 is 13.2 Å². The fraction of sp³-hybridized carbons (Fsp3) is 0.435. The zero-order valence-corrected chi connectivity index (χ0v) is 18.9. The van der Waals surface area contributed by atoms with Gasteiger partial charge in [-0.15, -0.1) is 11.8 Å². The summed E-state index contributed by atoms with van der Waals surface area (Å²) in [5.74, 6) is 0.907. The molecule has 0 saturated carbocycles. The Morgan fingerprint density at radius 1 is 1.10 bits per heavy atom. The number of benzene rings is 2. The predicted octanol–water partition coefficient (Wildman–Crippen LogP) is 4.66. The average Bonchev–Trinajstić information content (AvgIpc) is 3.00. The zero-order chi connectivity index (χ0) is 21.0. The van der Waals surface area contributed by atoms with Gasteiger partial charge in [0.1, 0.15) is 0 Å². The van der Waals surface area contributed by atoms with Crippen molar-refractivity contribution in [2.75, 3.05) is 11.5 Å². The van der Waals surface area contributed by atoms with Crippen LogP contribution in [0.2, 0.25) is 0 Å². The van der Waals surface area contributed by atoms with Gasteiger partial charge in [-0.3, -0.25) is 4.79 Å². The van der Waals surface area contributed by atoms with Gasteiger partial charge in [-0.2, -0.15) is 0 Å². The molecule has 4 nitrogen and oxygen atoms in total. The van der Waals surface area contributed by atoms with Crippen LogP contribution in [-0.4, -0.2) is 31.1 Å². The molecule has 1 amide bonds. The number of sulfone groups is 1. The molecule has 6 heteroatoms. The molecule has 0 aliphatic carbocycles. The Balaban J connectivity index is 1.67. The van der Waals surface area contributed by atoms with Crippen molar-refractivity contribution in [2.45, 2.75) is 49.8 Å². The highest BCUT2D eigenvalue weighted by Crippen LogP contribution is 2.33. The monoisotopic (exact) mass is 431 g/mol. The van der Waals surface area contributed by atoms with Crippen LogP contribution >= 0.6 is 11.8 Å². The van der Waals surface area contributed by atoms with E-state index in [1.807, 2.05) is 25.1 Å². The summed E-state index contributed by atoms with van der Waals surface area (Å²) in [5.41, 5.74) is 2.97. The number of hydrogen-bond acceptors (Lipinski definition) is 4. The van der Waals surface area contributed by atoms with Gasteiger partial charge in [-0.25, -0.2) is 8.42 Å². The Hall–Kier alpha value is -1.79. The third-order valence-corrected chi connectivity index (χ3v) is 8.41. The molecule has 0 bridgehead atoms. The largest absolute Gasteiger partial charge is 0.345 e. The second-order valence-electron chi connectivity index (χ2n) is 8.17. The van der Waals surface area contributed by atoms with E-state index in [0.29, 0.717) is 17.9 Å². The molecule has 29 heavy (non-hydrogen) atoms. The first-order valence-corrected chi connectivity index (χ1v) is 12.8. The fourth-order valence-corrected chi connectivity index (χ4v) is 7.19. The summed E-state index contributed by atoms with van der Waals surface area (Å²) in [5, 5.41) is 3.10. The first kappa shape index (κ1) is 21.9. The maximum Gasteiger partial charge on any atom is 0.252 e. The van der Waals surface area contributed by atoms with E-state index < -0.39 is 9.84 Å². The highest BCUT2D eigenvalue weighted by molar-refractivity contribution is 8.02. The van der Waals surface area contributed by atoms with E-state index in [0.717, 1.165) is 16.9 Å². The summed E-state index contributed by atoms with van der Waals surface area (Å²) in [7, 11) is -2.94. The Bertz CT molecular complexity index is 952. The first-order chi connectivity index (χ1) is 13.7. The van der Waals surface area contributed by atoms with E-state index in [1.54, 1.807) is 6.07 Å². The lowest BCUT2D eigenvalue weighted by atomic mass is 10.00. The molecule has 2 unspecified atom stereocenters. The minimum Gasteiger partial charge on any atom is -0.345 e. The Kier molecular flexibility index (Phi) is 7.06. The van der Waals surface area contributed by atoms with Crippen molar-refractivity contribution in [3.63, 3.8) is 0 Å². The van der Waals surface area contributed by atoms with Crippen LogP contribution in [0.4, 0.5) is 0 Å². The Morgan fingerprint density at radius 2 is 1.79 bits per heavy atom. The van der Waals surface area contributed by atoms with E-state index in [9.17, 15) is 13.2 Å². The molecule has 1 N–H and O–H groups in total. The molecule has 2 aromatic carbocycles. The molecular weight excluding hydrogens is 402 g/mol. The maximum absolute atomic E-state index is 12.9. The zero-order valence-electron chi connectivity index (χ0n) is 17.2. The standard InChI is InChI=1S/C23H29NO3S2/c1-16(2)14-18-8-10-19(11-9-18)17(3)24-23(25)21-6-4-5-7-22(21)28-20-12-13-29(26,27)15-20/h4-11,16-17,20H,12-15H2,1-3H3,(H,24,25). The van der Waals surface area contributed by atoms with E-state index in [2.05, 4.69) is 43.4 Å². The summed E-state index contributed by atoms with van der Waals surface area (Å²) in [4.78, 5) is 13.8. The number of carbonyl (C=O) groups excluding carboxylic acids is 1. The van der Waals surface area contributed by atoms with Gasteiger partial charge in [-0.05, 0) is 48.9 Å². The molecule has 2 aromatic rings. The molecule has 156 valence electrons. The molecule has 3 rings (SSSR count).